The molecule has 2 aromatic rings. The number of nitrogens with two attached hydrogens (primary N) is 1. The number of rotatable bonds is 4. The molecule has 3 heteroatoms. The van der Waals surface area contributed by atoms with Crippen LogP contribution in [0.4, 0.5) is 5.69 Å². The molecule has 0 radical (unpaired) electrons. The van der Waals surface area contributed by atoms with Crippen molar-refractivity contribution in [1.82, 2.24) is 0 Å². The molecule has 0 atom stereocenters. The minimum Gasteiger partial charge on any atom is -0.330 e. The third kappa shape index (κ3) is 3.66. The van der Waals surface area contributed by atoms with Crippen molar-refractivity contribution in [3.8, 4) is 0 Å². The maximum atomic E-state index is 12.0. The highest BCUT2D eigenvalue weighted by molar-refractivity contribution is 6.04. The molecule has 0 saturated carbocycles. The number of anilines is 1. The van der Waals surface area contributed by atoms with E-state index in [2.05, 4.69) is 5.32 Å². The van der Waals surface area contributed by atoms with E-state index < -0.39 is 0 Å². The quantitative estimate of drug-likeness (QED) is 0.881. The third-order valence-electron chi connectivity index (χ3n) is 2.96. The molecule has 0 fully saturated rings. The van der Waals surface area contributed by atoms with Crippen molar-refractivity contribution in [2.24, 2.45) is 5.73 Å². The van der Waals surface area contributed by atoms with Gasteiger partial charge in [-0.2, -0.15) is 0 Å². The van der Waals surface area contributed by atoms with E-state index in [4.69, 9.17) is 5.73 Å². The van der Waals surface area contributed by atoms with Crippen LogP contribution in [0.15, 0.2) is 48.5 Å². The van der Waals surface area contributed by atoms with Crippen molar-refractivity contribution in [3.63, 3.8) is 0 Å². The van der Waals surface area contributed by atoms with Crippen LogP contribution in [0.25, 0.3) is 0 Å². The summed E-state index contributed by atoms with van der Waals surface area (Å²) in [7, 11) is 0. The highest BCUT2D eigenvalue weighted by Crippen LogP contribution is 2.12. The topological polar surface area (TPSA) is 55.1 Å². The minimum atomic E-state index is -0.0911. The lowest BCUT2D eigenvalue weighted by Gasteiger charge is -2.06. The van der Waals surface area contributed by atoms with Crippen LogP contribution in [-0.2, 0) is 6.42 Å². The van der Waals surface area contributed by atoms with Gasteiger partial charge in [-0.3, -0.25) is 4.79 Å². The van der Waals surface area contributed by atoms with E-state index in [1.165, 1.54) is 5.56 Å². The van der Waals surface area contributed by atoms with Gasteiger partial charge in [-0.25, -0.2) is 0 Å². The van der Waals surface area contributed by atoms with Crippen molar-refractivity contribution in [2.75, 3.05) is 11.9 Å². The molecule has 0 unspecified atom stereocenters. The molecule has 0 saturated heterocycles. The first-order valence-electron chi connectivity index (χ1n) is 6.36. The summed E-state index contributed by atoms with van der Waals surface area (Å²) in [4.78, 5) is 12.0. The zero-order valence-electron chi connectivity index (χ0n) is 11.0. The standard InChI is InChI=1S/C16H18N2O/c1-12-2-6-14(7-3-12)16(19)18-15-8-4-13(5-9-15)10-11-17/h2-9H,10-11,17H2,1H3,(H,18,19). The van der Waals surface area contributed by atoms with Gasteiger partial charge in [-0.05, 0) is 49.7 Å². The van der Waals surface area contributed by atoms with Gasteiger partial charge in [-0.15, -0.1) is 0 Å². The summed E-state index contributed by atoms with van der Waals surface area (Å²) < 4.78 is 0. The number of hydrogen-bond acceptors (Lipinski definition) is 2. The molecular formula is C16H18N2O. The third-order valence-corrected chi connectivity index (χ3v) is 2.96. The lowest BCUT2D eigenvalue weighted by atomic mass is 10.1. The second kappa shape index (κ2) is 6.16. The Morgan fingerprint density at radius 1 is 1.05 bits per heavy atom. The maximum Gasteiger partial charge on any atom is 0.255 e. The Balaban J connectivity index is 2.04. The Kier molecular flexibility index (Phi) is 4.31. The second-order valence-electron chi connectivity index (χ2n) is 4.56. The molecule has 0 aliphatic heterocycles. The van der Waals surface area contributed by atoms with E-state index in [0.29, 0.717) is 12.1 Å². The molecule has 0 spiro atoms. The first kappa shape index (κ1) is 13.3. The number of carbonyl (C=O) groups is 1. The van der Waals surface area contributed by atoms with Crippen LogP contribution in [0, 0.1) is 6.92 Å². The summed E-state index contributed by atoms with van der Waals surface area (Å²) in [5, 5.41) is 2.88. The van der Waals surface area contributed by atoms with E-state index in [0.717, 1.165) is 17.7 Å². The van der Waals surface area contributed by atoms with Crippen LogP contribution in [-0.4, -0.2) is 12.5 Å². The van der Waals surface area contributed by atoms with E-state index in [9.17, 15) is 4.79 Å². The number of amides is 1. The fourth-order valence-corrected chi connectivity index (χ4v) is 1.83. The highest BCUT2D eigenvalue weighted by atomic mass is 16.1. The lowest BCUT2D eigenvalue weighted by molar-refractivity contribution is 0.102. The van der Waals surface area contributed by atoms with Gasteiger partial charge in [0.25, 0.3) is 5.91 Å². The first-order valence-corrected chi connectivity index (χ1v) is 6.36. The molecule has 3 nitrogen and oxygen atoms in total. The van der Waals surface area contributed by atoms with E-state index in [-0.39, 0.29) is 5.91 Å². The van der Waals surface area contributed by atoms with Gasteiger partial charge in [0.2, 0.25) is 0 Å². The van der Waals surface area contributed by atoms with Gasteiger partial charge in [-0.1, -0.05) is 29.8 Å². The molecule has 0 heterocycles. The molecule has 0 aliphatic carbocycles. The largest absolute Gasteiger partial charge is 0.330 e. The normalized spacial score (nSPS) is 10.2. The van der Waals surface area contributed by atoms with Gasteiger partial charge in [0, 0.05) is 11.3 Å². The number of nitrogens with one attached hydrogen (secondary N) is 1. The predicted octanol–water partition coefficient (Wildman–Crippen LogP) is 2.75. The molecule has 19 heavy (non-hydrogen) atoms. The average molecular weight is 254 g/mol. The van der Waals surface area contributed by atoms with Crippen LogP contribution < -0.4 is 11.1 Å². The van der Waals surface area contributed by atoms with Crippen LogP contribution in [0.1, 0.15) is 21.5 Å². The van der Waals surface area contributed by atoms with Crippen molar-refractivity contribution in [3.05, 3.63) is 65.2 Å². The Bertz CT molecular complexity index is 544. The Morgan fingerprint density at radius 2 is 1.68 bits per heavy atom. The second-order valence-corrected chi connectivity index (χ2v) is 4.56. The molecule has 98 valence electrons. The summed E-state index contributed by atoms with van der Waals surface area (Å²) in [5.74, 6) is -0.0911. The van der Waals surface area contributed by atoms with E-state index in [1.54, 1.807) is 0 Å². The SMILES string of the molecule is Cc1ccc(C(=O)Nc2ccc(CCN)cc2)cc1. The van der Waals surface area contributed by atoms with Gasteiger partial charge in [0.1, 0.15) is 0 Å². The van der Waals surface area contributed by atoms with Crippen LogP contribution in [0.2, 0.25) is 0 Å². The number of carbonyl (C=O) groups excluding carboxylic acids is 1. The molecule has 1 amide bonds. The van der Waals surface area contributed by atoms with E-state index >= 15 is 0 Å². The monoisotopic (exact) mass is 254 g/mol. The van der Waals surface area contributed by atoms with E-state index in [1.807, 2.05) is 55.5 Å². The average Bonchev–Trinajstić information content (AvgIpc) is 2.42. The van der Waals surface area contributed by atoms with Crippen molar-refractivity contribution in [1.29, 1.82) is 0 Å². The first-order chi connectivity index (χ1) is 9.19. The van der Waals surface area contributed by atoms with Crippen molar-refractivity contribution < 1.29 is 4.79 Å². The molecule has 3 N–H and O–H groups in total. The molecule has 0 bridgehead atoms. The highest BCUT2D eigenvalue weighted by Gasteiger charge is 2.05. The summed E-state index contributed by atoms with van der Waals surface area (Å²) in [5.41, 5.74) is 9.28. The number of aryl methyl sites for hydroxylation is 1. The molecule has 0 aliphatic rings. The zero-order chi connectivity index (χ0) is 13.7. The summed E-state index contributed by atoms with van der Waals surface area (Å²) in [6.07, 6.45) is 0.853. The maximum absolute atomic E-state index is 12.0. The van der Waals surface area contributed by atoms with Gasteiger partial charge < -0.3 is 11.1 Å². The lowest BCUT2D eigenvalue weighted by Crippen LogP contribution is -2.11. The molecule has 2 rings (SSSR count). The fourth-order valence-electron chi connectivity index (χ4n) is 1.83. The Labute approximate surface area is 113 Å². The number of hydrogen-bond donors (Lipinski definition) is 2. The zero-order valence-corrected chi connectivity index (χ0v) is 11.0. The predicted molar refractivity (Wildman–Crippen MR) is 78.3 cm³/mol. The fraction of sp³-hybridized carbons (Fsp3) is 0.188. The van der Waals surface area contributed by atoms with Crippen molar-refractivity contribution >= 4 is 11.6 Å². The van der Waals surface area contributed by atoms with Gasteiger partial charge >= 0.3 is 0 Å². The van der Waals surface area contributed by atoms with Crippen LogP contribution in [0.3, 0.4) is 0 Å². The summed E-state index contributed by atoms with van der Waals surface area (Å²) in [6, 6.07) is 15.3. The Hall–Kier alpha value is -2.13. The van der Waals surface area contributed by atoms with Crippen LogP contribution in [0.5, 0.6) is 0 Å². The smallest absolute Gasteiger partial charge is 0.255 e. The van der Waals surface area contributed by atoms with Crippen molar-refractivity contribution in [2.45, 2.75) is 13.3 Å². The molecular weight excluding hydrogens is 236 g/mol. The van der Waals surface area contributed by atoms with Gasteiger partial charge in [0.15, 0.2) is 0 Å². The summed E-state index contributed by atoms with van der Waals surface area (Å²) >= 11 is 0. The number of benzene rings is 2. The molecule has 2 aromatic carbocycles. The minimum absolute atomic E-state index is 0.0911. The summed E-state index contributed by atoms with van der Waals surface area (Å²) in [6.45, 7) is 2.63. The van der Waals surface area contributed by atoms with Crippen LogP contribution >= 0.6 is 0 Å². The Morgan fingerprint density at radius 3 is 2.26 bits per heavy atom. The molecule has 0 aromatic heterocycles. The van der Waals surface area contributed by atoms with Gasteiger partial charge in [0.05, 0.1) is 0 Å².